The molecule has 1 aromatic carbocycles. The molecule has 0 aliphatic heterocycles. The van der Waals surface area contributed by atoms with Crippen LogP contribution in [0.3, 0.4) is 0 Å². The summed E-state index contributed by atoms with van der Waals surface area (Å²) in [5.74, 6) is 0.922. The second-order valence-electron chi connectivity index (χ2n) is 7.06. The molecule has 0 aromatic heterocycles. The smallest absolute Gasteiger partial charge is 0.333 e. The molecule has 8 heteroatoms. The second-order valence-corrected chi connectivity index (χ2v) is 8.14. The van der Waals surface area contributed by atoms with Crippen LogP contribution in [-0.4, -0.2) is 38.9 Å². The maximum atomic E-state index is 12.3. The van der Waals surface area contributed by atoms with Gasteiger partial charge in [-0.1, -0.05) is 6.58 Å². The summed E-state index contributed by atoms with van der Waals surface area (Å²) in [7, 11) is 1.54. The van der Waals surface area contributed by atoms with E-state index < -0.39 is 24.2 Å². The van der Waals surface area contributed by atoms with Crippen LogP contribution in [0.1, 0.15) is 54.0 Å². The predicted molar refractivity (Wildman–Crippen MR) is 123 cm³/mol. The molecule has 7 nitrogen and oxygen atoms in total. The average molecular weight is 536 g/mol. The topological polar surface area (TPSA) is 72.5 Å². The van der Waals surface area contributed by atoms with Crippen molar-refractivity contribution in [3.05, 3.63) is 27.4 Å². The molecule has 0 saturated heterocycles. The Morgan fingerprint density at radius 2 is 1.63 bits per heavy atom. The number of esters is 1. The van der Waals surface area contributed by atoms with Crippen LogP contribution in [0.4, 0.5) is 0 Å². The van der Waals surface area contributed by atoms with Gasteiger partial charge >= 0.3 is 5.97 Å². The van der Waals surface area contributed by atoms with Gasteiger partial charge in [0, 0.05) is 24.9 Å². The largest absolute Gasteiger partial charge is 0.496 e. The van der Waals surface area contributed by atoms with Crippen molar-refractivity contribution in [3.63, 3.8) is 0 Å². The third-order valence-electron chi connectivity index (χ3n) is 4.05. The van der Waals surface area contributed by atoms with E-state index in [1.165, 1.54) is 7.11 Å². The van der Waals surface area contributed by atoms with E-state index in [-0.39, 0.29) is 0 Å². The SMILES string of the molecule is C=C(C)C(=O)OC(C)(C)c1c(OC)cc(OC(C)OCC)c(I)c1OC(C)OCC. The highest BCUT2D eigenvalue weighted by Gasteiger charge is 2.36. The first kappa shape index (κ1) is 26.5. The fourth-order valence-corrected chi connectivity index (χ4v) is 3.45. The molecule has 0 fully saturated rings. The number of rotatable bonds is 12. The third kappa shape index (κ3) is 7.02. The quantitative estimate of drug-likeness (QED) is 0.158. The van der Waals surface area contributed by atoms with E-state index in [0.717, 1.165) is 0 Å². The molecule has 0 N–H and O–H groups in total. The monoisotopic (exact) mass is 536 g/mol. The lowest BCUT2D eigenvalue weighted by Crippen LogP contribution is -2.29. The van der Waals surface area contributed by atoms with Crippen LogP contribution in [0.2, 0.25) is 0 Å². The van der Waals surface area contributed by atoms with Gasteiger partial charge in [-0.2, -0.15) is 0 Å². The highest BCUT2D eigenvalue weighted by molar-refractivity contribution is 14.1. The summed E-state index contributed by atoms with van der Waals surface area (Å²) in [6, 6.07) is 1.74. The van der Waals surface area contributed by atoms with Crippen LogP contribution in [-0.2, 0) is 24.6 Å². The minimum atomic E-state index is -1.08. The van der Waals surface area contributed by atoms with E-state index in [1.807, 2.05) is 20.8 Å². The van der Waals surface area contributed by atoms with E-state index >= 15 is 0 Å². The number of carbonyl (C=O) groups excluding carboxylic acids is 1. The second kappa shape index (κ2) is 11.8. The lowest BCUT2D eigenvalue weighted by Gasteiger charge is -2.31. The molecule has 170 valence electrons. The Hall–Kier alpha value is -1.52. The van der Waals surface area contributed by atoms with Gasteiger partial charge in [-0.05, 0) is 71.1 Å². The summed E-state index contributed by atoms with van der Waals surface area (Å²) < 4.78 is 35.2. The first-order chi connectivity index (χ1) is 14.0. The fraction of sp³-hybridized carbons (Fsp3) is 0.591. The average Bonchev–Trinajstić information content (AvgIpc) is 2.64. The Bertz CT molecular complexity index is 745. The normalized spacial score (nSPS) is 13.4. The number of ether oxygens (including phenoxy) is 6. The molecular formula is C22H33IO7. The van der Waals surface area contributed by atoms with Gasteiger partial charge in [0.05, 0.1) is 16.2 Å². The number of benzene rings is 1. The van der Waals surface area contributed by atoms with Crippen LogP contribution >= 0.6 is 22.6 Å². The van der Waals surface area contributed by atoms with E-state index in [4.69, 9.17) is 28.4 Å². The number of methoxy groups -OCH3 is 1. The summed E-state index contributed by atoms with van der Waals surface area (Å²) in [5.41, 5.74) is -0.216. The number of carbonyl (C=O) groups is 1. The minimum Gasteiger partial charge on any atom is -0.496 e. The van der Waals surface area contributed by atoms with Gasteiger partial charge in [0.1, 0.15) is 17.1 Å². The van der Waals surface area contributed by atoms with Crippen molar-refractivity contribution in [1.29, 1.82) is 0 Å². The lowest BCUT2D eigenvalue weighted by atomic mass is 9.95. The Morgan fingerprint density at radius 1 is 1.10 bits per heavy atom. The van der Waals surface area contributed by atoms with Gasteiger partial charge in [-0.15, -0.1) is 0 Å². The van der Waals surface area contributed by atoms with Crippen molar-refractivity contribution < 1.29 is 33.2 Å². The van der Waals surface area contributed by atoms with E-state index in [1.54, 1.807) is 33.8 Å². The molecule has 0 aliphatic rings. The maximum absolute atomic E-state index is 12.3. The minimum absolute atomic E-state index is 0.299. The highest BCUT2D eigenvalue weighted by Crippen LogP contribution is 2.47. The van der Waals surface area contributed by atoms with Crippen LogP contribution in [0.5, 0.6) is 17.2 Å². The van der Waals surface area contributed by atoms with Crippen molar-refractivity contribution in [1.82, 2.24) is 0 Å². The first-order valence-corrected chi connectivity index (χ1v) is 10.9. The van der Waals surface area contributed by atoms with Gasteiger partial charge < -0.3 is 28.4 Å². The van der Waals surface area contributed by atoms with Crippen LogP contribution in [0.15, 0.2) is 18.2 Å². The fourth-order valence-electron chi connectivity index (χ4n) is 2.77. The zero-order valence-corrected chi connectivity index (χ0v) is 21.2. The molecule has 0 heterocycles. The van der Waals surface area contributed by atoms with Crippen LogP contribution in [0.25, 0.3) is 0 Å². The first-order valence-electron chi connectivity index (χ1n) is 9.84. The van der Waals surface area contributed by atoms with Gasteiger partial charge in [-0.3, -0.25) is 0 Å². The van der Waals surface area contributed by atoms with Crippen molar-refractivity contribution in [2.45, 2.75) is 66.6 Å². The summed E-state index contributed by atoms with van der Waals surface area (Å²) in [6.07, 6.45) is -1.01. The van der Waals surface area contributed by atoms with E-state index in [0.29, 0.717) is 45.2 Å². The number of halogens is 1. The summed E-state index contributed by atoms with van der Waals surface area (Å²) in [6.45, 7) is 17.2. The zero-order valence-electron chi connectivity index (χ0n) is 19.1. The molecule has 0 amide bonds. The molecule has 2 atom stereocenters. The molecule has 0 radical (unpaired) electrons. The van der Waals surface area contributed by atoms with E-state index in [9.17, 15) is 4.79 Å². The maximum Gasteiger partial charge on any atom is 0.333 e. The Balaban J connectivity index is 3.61. The van der Waals surface area contributed by atoms with Crippen LogP contribution < -0.4 is 14.2 Å². The lowest BCUT2D eigenvalue weighted by molar-refractivity contribution is -0.152. The van der Waals surface area contributed by atoms with Gasteiger partial charge in [0.2, 0.25) is 0 Å². The molecule has 0 saturated carbocycles. The molecule has 0 aliphatic carbocycles. The Labute approximate surface area is 193 Å². The summed E-state index contributed by atoms with van der Waals surface area (Å²) in [4.78, 5) is 12.3. The molecular weight excluding hydrogens is 503 g/mol. The summed E-state index contributed by atoms with van der Waals surface area (Å²) >= 11 is 2.14. The molecule has 0 spiro atoms. The van der Waals surface area contributed by atoms with E-state index in [2.05, 4.69) is 29.2 Å². The van der Waals surface area contributed by atoms with Crippen molar-refractivity contribution in [3.8, 4) is 17.2 Å². The number of hydrogen-bond donors (Lipinski definition) is 0. The van der Waals surface area contributed by atoms with Crippen molar-refractivity contribution >= 4 is 28.6 Å². The molecule has 2 unspecified atom stereocenters. The third-order valence-corrected chi connectivity index (χ3v) is 5.07. The molecule has 1 rings (SSSR count). The molecule has 30 heavy (non-hydrogen) atoms. The standard InChI is InChI=1S/C22H33IO7/c1-10-26-14(5)28-17-12-16(25-9)18(22(7,8)30-21(24)13(3)4)20(19(17)23)29-15(6)27-11-2/h12,14-15H,3,10-11H2,1-2,4-9H3. The van der Waals surface area contributed by atoms with Gasteiger partial charge in [-0.25, -0.2) is 4.79 Å². The molecule has 1 aromatic rings. The number of hydrogen-bond acceptors (Lipinski definition) is 7. The highest BCUT2D eigenvalue weighted by atomic mass is 127. The Kier molecular flexibility index (Phi) is 10.4. The van der Waals surface area contributed by atoms with Gasteiger partial charge in [0.25, 0.3) is 0 Å². The molecule has 0 bridgehead atoms. The Morgan fingerprint density at radius 3 is 2.10 bits per heavy atom. The van der Waals surface area contributed by atoms with Crippen molar-refractivity contribution in [2.75, 3.05) is 20.3 Å². The van der Waals surface area contributed by atoms with Crippen molar-refractivity contribution in [2.24, 2.45) is 0 Å². The predicted octanol–water partition coefficient (Wildman–Crippen LogP) is 5.18. The summed E-state index contributed by atoms with van der Waals surface area (Å²) in [5, 5.41) is 0. The zero-order chi connectivity index (χ0) is 23.1. The van der Waals surface area contributed by atoms with Gasteiger partial charge in [0.15, 0.2) is 18.3 Å². The van der Waals surface area contributed by atoms with Crippen LogP contribution in [0, 0.1) is 3.57 Å².